The quantitative estimate of drug-likeness (QED) is 0.402. The number of nitrogens with two attached hydrogens (primary N) is 1. The van der Waals surface area contributed by atoms with Gasteiger partial charge in [0.1, 0.15) is 0 Å². The summed E-state index contributed by atoms with van der Waals surface area (Å²) in [6.45, 7) is 4.71. The molecule has 0 spiro atoms. The van der Waals surface area contributed by atoms with E-state index in [0.29, 0.717) is 5.69 Å². The van der Waals surface area contributed by atoms with Gasteiger partial charge in [0, 0.05) is 11.8 Å². The van der Waals surface area contributed by atoms with Gasteiger partial charge in [-0.3, -0.25) is 19.7 Å². The molecule has 0 unspecified atom stereocenters. The molecule has 0 aliphatic rings. The Morgan fingerprint density at radius 2 is 1.71 bits per heavy atom. The largest absolute Gasteiger partial charge is 0.477 e. The normalized spacial score (nSPS) is 11.0. The minimum atomic E-state index is -4.14. The lowest BCUT2D eigenvalue weighted by Gasteiger charge is -2.13. The molecule has 31 heavy (non-hydrogen) atoms. The van der Waals surface area contributed by atoms with Crippen molar-refractivity contribution >= 4 is 33.2 Å². The lowest BCUT2D eigenvalue weighted by Crippen LogP contribution is -2.36. The molecule has 0 saturated carbocycles. The Bertz CT molecular complexity index is 1120. The SMILES string of the molecule is Cc1cc(C)c(NC(=O)CNC(=O)COc2ccc(S(N)(=O)=O)cc2[N+](=O)[O-])c(C)c1. The van der Waals surface area contributed by atoms with Gasteiger partial charge >= 0.3 is 5.69 Å². The summed E-state index contributed by atoms with van der Waals surface area (Å²) < 4.78 is 27.8. The Kier molecular flexibility index (Phi) is 7.31. The van der Waals surface area contributed by atoms with Crippen molar-refractivity contribution in [2.75, 3.05) is 18.5 Å². The molecule has 0 radical (unpaired) electrons. The van der Waals surface area contributed by atoms with Gasteiger partial charge in [-0.2, -0.15) is 0 Å². The Morgan fingerprint density at radius 1 is 1.10 bits per heavy atom. The zero-order valence-electron chi connectivity index (χ0n) is 17.1. The third-order valence-corrected chi connectivity index (χ3v) is 5.11. The molecule has 4 N–H and O–H groups in total. The van der Waals surface area contributed by atoms with Crippen molar-refractivity contribution in [1.29, 1.82) is 0 Å². The van der Waals surface area contributed by atoms with E-state index in [2.05, 4.69) is 10.6 Å². The summed E-state index contributed by atoms with van der Waals surface area (Å²) in [4.78, 5) is 33.9. The lowest BCUT2D eigenvalue weighted by molar-refractivity contribution is -0.386. The maximum absolute atomic E-state index is 12.1. The van der Waals surface area contributed by atoms with Gasteiger partial charge < -0.3 is 15.4 Å². The fourth-order valence-corrected chi connectivity index (χ4v) is 3.41. The van der Waals surface area contributed by atoms with Crippen LogP contribution < -0.4 is 20.5 Å². The number of nitro benzene ring substituents is 1. The number of rotatable bonds is 8. The summed E-state index contributed by atoms with van der Waals surface area (Å²) in [5, 5.41) is 21.2. The summed E-state index contributed by atoms with van der Waals surface area (Å²) in [7, 11) is -4.14. The monoisotopic (exact) mass is 450 g/mol. The number of nitrogens with one attached hydrogen (secondary N) is 2. The molecule has 166 valence electrons. The number of hydrogen-bond donors (Lipinski definition) is 3. The van der Waals surface area contributed by atoms with E-state index in [1.807, 2.05) is 32.9 Å². The smallest absolute Gasteiger partial charge is 0.312 e. The highest BCUT2D eigenvalue weighted by molar-refractivity contribution is 7.89. The van der Waals surface area contributed by atoms with Crippen LogP contribution in [0, 0.1) is 30.9 Å². The molecule has 0 aliphatic heterocycles. The van der Waals surface area contributed by atoms with E-state index in [4.69, 9.17) is 9.88 Å². The first-order valence-electron chi connectivity index (χ1n) is 8.97. The van der Waals surface area contributed by atoms with Crippen molar-refractivity contribution in [3.05, 3.63) is 57.1 Å². The minimum Gasteiger partial charge on any atom is -0.477 e. The van der Waals surface area contributed by atoms with Crippen LogP contribution in [0.1, 0.15) is 16.7 Å². The first-order valence-corrected chi connectivity index (χ1v) is 10.5. The van der Waals surface area contributed by atoms with E-state index in [1.165, 1.54) is 0 Å². The Labute approximate surface area is 178 Å². The van der Waals surface area contributed by atoms with E-state index in [9.17, 15) is 28.1 Å². The molecule has 0 fully saturated rings. The summed E-state index contributed by atoms with van der Waals surface area (Å²) >= 11 is 0. The van der Waals surface area contributed by atoms with Crippen LogP contribution in [0.4, 0.5) is 11.4 Å². The van der Waals surface area contributed by atoms with Gasteiger partial charge in [0.25, 0.3) is 5.91 Å². The molecule has 0 heterocycles. The second-order valence-electron chi connectivity index (χ2n) is 6.82. The van der Waals surface area contributed by atoms with Crippen molar-refractivity contribution in [1.82, 2.24) is 5.32 Å². The van der Waals surface area contributed by atoms with Crippen LogP contribution in [0.2, 0.25) is 0 Å². The second kappa shape index (κ2) is 9.53. The van der Waals surface area contributed by atoms with Gasteiger partial charge in [-0.1, -0.05) is 17.7 Å². The molecule has 0 aliphatic carbocycles. The van der Waals surface area contributed by atoms with Crippen LogP contribution in [-0.4, -0.2) is 38.3 Å². The third kappa shape index (κ3) is 6.49. The van der Waals surface area contributed by atoms with E-state index in [1.54, 1.807) is 0 Å². The second-order valence-corrected chi connectivity index (χ2v) is 8.38. The highest BCUT2D eigenvalue weighted by Gasteiger charge is 2.21. The van der Waals surface area contributed by atoms with Crippen molar-refractivity contribution in [3.8, 4) is 5.75 Å². The topological polar surface area (TPSA) is 171 Å². The Hall–Kier alpha value is -3.51. The lowest BCUT2D eigenvalue weighted by atomic mass is 10.1. The van der Waals surface area contributed by atoms with Gasteiger partial charge in [0.2, 0.25) is 15.9 Å². The van der Waals surface area contributed by atoms with Gasteiger partial charge in [0.05, 0.1) is 16.4 Å². The van der Waals surface area contributed by atoms with Crippen LogP contribution in [0.25, 0.3) is 0 Å². The zero-order valence-corrected chi connectivity index (χ0v) is 17.9. The zero-order chi connectivity index (χ0) is 23.3. The van der Waals surface area contributed by atoms with Crippen molar-refractivity contribution in [3.63, 3.8) is 0 Å². The van der Waals surface area contributed by atoms with Gasteiger partial charge in [-0.25, -0.2) is 13.6 Å². The molecule has 0 aromatic heterocycles. The van der Waals surface area contributed by atoms with Gasteiger partial charge in [-0.05, 0) is 44.0 Å². The number of benzene rings is 2. The Morgan fingerprint density at radius 3 is 2.26 bits per heavy atom. The summed E-state index contributed by atoms with van der Waals surface area (Å²) in [6, 6.07) is 6.63. The van der Waals surface area contributed by atoms with Crippen molar-refractivity contribution < 1.29 is 27.7 Å². The molecule has 0 bridgehead atoms. The number of nitrogens with zero attached hydrogens (tertiary/aromatic N) is 1. The maximum Gasteiger partial charge on any atom is 0.312 e. The van der Waals surface area contributed by atoms with Crippen molar-refractivity contribution in [2.24, 2.45) is 5.14 Å². The molecule has 0 atom stereocenters. The Balaban J connectivity index is 1.95. The van der Waals surface area contributed by atoms with Crippen LogP contribution in [-0.2, 0) is 19.6 Å². The van der Waals surface area contributed by atoms with Crippen molar-refractivity contribution in [2.45, 2.75) is 25.7 Å². The van der Waals surface area contributed by atoms with E-state index in [0.717, 1.165) is 34.9 Å². The molecule has 0 saturated heterocycles. The van der Waals surface area contributed by atoms with Crippen LogP contribution in [0.15, 0.2) is 35.2 Å². The minimum absolute atomic E-state index is 0.317. The van der Waals surface area contributed by atoms with Gasteiger partial charge in [-0.15, -0.1) is 0 Å². The molecule has 2 aromatic carbocycles. The number of aryl methyl sites for hydroxylation is 3. The molecular formula is C19H22N4O7S. The number of carbonyl (C=O) groups excluding carboxylic acids is 2. The summed E-state index contributed by atoms with van der Waals surface area (Å²) in [5.41, 5.74) is 2.82. The average molecular weight is 450 g/mol. The number of amides is 2. The van der Waals surface area contributed by atoms with Crippen LogP contribution >= 0.6 is 0 Å². The molecule has 2 aromatic rings. The molecular weight excluding hydrogens is 428 g/mol. The van der Waals surface area contributed by atoms with E-state index >= 15 is 0 Å². The van der Waals surface area contributed by atoms with Gasteiger partial charge in [0.15, 0.2) is 12.4 Å². The predicted octanol–water partition coefficient (Wildman–Crippen LogP) is 1.30. The van der Waals surface area contributed by atoms with Crippen LogP contribution in [0.5, 0.6) is 5.75 Å². The number of anilines is 1. The molecule has 11 nitrogen and oxygen atoms in total. The number of primary sulfonamides is 1. The number of hydrogen-bond acceptors (Lipinski definition) is 7. The summed E-state index contributed by atoms with van der Waals surface area (Å²) in [6.07, 6.45) is 0. The average Bonchev–Trinajstić information content (AvgIpc) is 2.66. The fourth-order valence-electron chi connectivity index (χ4n) is 2.87. The number of nitro groups is 1. The third-order valence-electron chi connectivity index (χ3n) is 4.20. The van der Waals surface area contributed by atoms with Crippen LogP contribution in [0.3, 0.4) is 0 Å². The van der Waals surface area contributed by atoms with E-state index < -0.39 is 44.0 Å². The standard InChI is InChI=1S/C19H22N4O7S/c1-11-6-12(2)19(13(3)7-11)22-17(24)9-21-18(25)10-30-16-5-4-14(31(20,28)29)8-15(16)23(26)27/h4-8H,9-10H2,1-3H3,(H,21,25)(H,22,24)(H2,20,28,29). The van der Waals surface area contributed by atoms with E-state index in [-0.39, 0.29) is 12.3 Å². The number of ether oxygens (including phenoxy) is 1. The first-order chi connectivity index (χ1) is 14.4. The molecule has 2 amide bonds. The maximum atomic E-state index is 12.1. The molecule has 12 heteroatoms. The summed E-state index contributed by atoms with van der Waals surface area (Å²) in [5.74, 6) is -1.47. The molecule has 2 rings (SSSR count). The number of carbonyl (C=O) groups is 2. The fraction of sp³-hybridized carbons (Fsp3) is 0.263. The predicted molar refractivity (Wildman–Crippen MR) is 112 cm³/mol. The first kappa shape index (κ1) is 23.8. The highest BCUT2D eigenvalue weighted by atomic mass is 32.2. The number of sulfonamides is 1. The highest BCUT2D eigenvalue weighted by Crippen LogP contribution is 2.29.